The normalized spacial score (nSPS) is 12.2. The fourth-order valence-corrected chi connectivity index (χ4v) is 3.22. The molecule has 1 aromatic heterocycles. The summed E-state index contributed by atoms with van der Waals surface area (Å²) in [6.45, 7) is 2.12. The van der Waals surface area contributed by atoms with Gasteiger partial charge in [-0.3, -0.25) is 4.79 Å². The molecule has 0 aliphatic rings. The van der Waals surface area contributed by atoms with Gasteiger partial charge >= 0.3 is 0 Å². The summed E-state index contributed by atoms with van der Waals surface area (Å²) < 4.78 is 5.63. The molecule has 0 aliphatic heterocycles. The Morgan fingerprint density at radius 2 is 1.92 bits per heavy atom. The first kappa shape index (κ1) is 16.6. The van der Waals surface area contributed by atoms with E-state index < -0.39 is 0 Å². The molecule has 1 N–H and O–H groups in total. The molecule has 24 heavy (non-hydrogen) atoms. The molecule has 3 aromatic rings. The fraction of sp³-hybridized carbons (Fsp3) is 0.263. The molecule has 0 radical (unpaired) electrons. The fourth-order valence-electron chi connectivity index (χ4n) is 2.57. The van der Waals surface area contributed by atoms with Crippen molar-refractivity contribution in [3.8, 4) is 0 Å². The third kappa shape index (κ3) is 4.17. The zero-order valence-electron chi connectivity index (χ0n) is 13.6. The van der Waals surface area contributed by atoms with E-state index in [0.717, 1.165) is 29.5 Å². The van der Waals surface area contributed by atoms with Crippen LogP contribution >= 0.6 is 11.8 Å². The Labute approximate surface area is 145 Å². The van der Waals surface area contributed by atoms with Crippen LogP contribution in [0.2, 0.25) is 0 Å². The highest BCUT2D eigenvalue weighted by Gasteiger charge is 2.15. The Kier molecular flexibility index (Phi) is 5.54. The van der Waals surface area contributed by atoms with Gasteiger partial charge in [0.25, 0.3) is 5.22 Å². The summed E-state index contributed by atoms with van der Waals surface area (Å²) in [7, 11) is 0. The van der Waals surface area contributed by atoms with Crippen LogP contribution in [-0.2, 0) is 4.79 Å². The molecule has 4 nitrogen and oxygen atoms in total. The summed E-state index contributed by atoms with van der Waals surface area (Å²) in [6.07, 6.45) is 1.93. The lowest BCUT2D eigenvalue weighted by molar-refractivity contribution is -0.119. The minimum atomic E-state index is -0.00967. The van der Waals surface area contributed by atoms with Crippen LogP contribution in [0.4, 0.5) is 0 Å². The van der Waals surface area contributed by atoms with Crippen molar-refractivity contribution in [3.63, 3.8) is 0 Å². The Morgan fingerprint density at radius 3 is 2.67 bits per heavy atom. The molecule has 3 rings (SSSR count). The van der Waals surface area contributed by atoms with E-state index in [4.69, 9.17) is 4.42 Å². The van der Waals surface area contributed by atoms with Gasteiger partial charge in [0, 0.05) is 0 Å². The first-order valence-electron chi connectivity index (χ1n) is 8.09. The van der Waals surface area contributed by atoms with Gasteiger partial charge in [-0.15, -0.1) is 0 Å². The number of hydrogen-bond donors (Lipinski definition) is 1. The number of hydrogen-bond acceptors (Lipinski definition) is 4. The number of nitrogens with one attached hydrogen (secondary N) is 1. The summed E-state index contributed by atoms with van der Waals surface area (Å²) in [5.74, 6) is 0.282. The first-order valence-corrected chi connectivity index (χ1v) is 9.07. The predicted octanol–water partition coefficient (Wildman–Crippen LogP) is 4.58. The Bertz CT molecular complexity index is 768. The van der Waals surface area contributed by atoms with E-state index in [1.165, 1.54) is 11.8 Å². The zero-order chi connectivity index (χ0) is 16.8. The Hall–Kier alpha value is -2.27. The number of rotatable bonds is 7. The van der Waals surface area contributed by atoms with E-state index in [0.29, 0.717) is 11.0 Å². The van der Waals surface area contributed by atoms with E-state index in [1.54, 1.807) is 0 Å². The second-order valence-corrected chi connectivity index (χ2v) is 6.48. The molecule has 0 spiro atoms. The molecule has 1 amide bonds. The minimum absolute atomic E-state index is 0.00967. The lowest BCUT2D eigenvalue weighted by Crippen LogP contribution is -2.29. The Balaban J connectivity index is 1.59. The number of para-hydroxylation sites is 2. The molecule has 1 atom stereocenters. The molecule has 0 aliphatic carbocycles. The second-order valence-electron chi connectivity index (χ2n) is 5.56. The smallest absolute Gasteiger partial charge is 0.257 e. The summed E-state index contributed by atoms with van der Waals surface area (Å²) >= 11 is 1.32. The van der Waals surface area contributed by atoms with Crippen LogP contribution in [0.15, 0.2) is 64.2 Å². The van der Waals surface area contributed by atoms with Crippen molar-refractivity contribution < 1.29 is 9.21 Å². The maximum Gasteiger partial charge on any atom is 0.257 e. The van der Waals surface area contributed by atoms with Crippen LogP contribution in [0.25, 0.3) is 11.1 Å². The SMILES string of the molecule is CCC[C@H](NC(=O)CSc1nc2ccccc2o1)c1ccccc1. The van der Waals surface area contributed by atoms with Crippen LogP contribution in [0.1, 0.15) is 31.4 Å². The van der Waals surface area contributed by atoms with Gasteiger partial charge < -0.3 is 9.73 Å². The van der Waals surface area contributed by atoms with Gasteiger partial charge in [-0.05, 0) is 24.1 Å². The van der Waals surface area contributed by atoms with E-state index in [-0.39, 0.29) is 11.9 Å². The van der Waals surface area contributed by atoms with Crippen molar-refractivity contribution >= 4 is 28.8 Å². The molecule has 0 saturated carbocycles. The van der Waals surface area contributed by atoms with Crippen molar-refractivity contribution in [2.75, 3.05) is 5.75 Å². The van der Waals surface area contributed by atoms with Crippen LogP contribution in [0.3, 0.4) is 0 Å². The summed E-state index contributed by atoms with van der Waals surface area (Å²) in [5, 5.41) is 3.64. The van der Waals surface area contributed by atoms with Crippen molar-refractivity contribution in [3.05, 3.63) is 60.2 Å². The molecule has 0 saturated heterocycles. The number of oxazole rings is 1. The number of thioether (sulfide) groups is 1. The molecule has 0 unspecified atom stereocenters. The highest BCUT2D eigenvalue weighted by atomic mass is 32.2. The predicted molar refractivity (Wildman–Crippen MR) is 97.0 cm³/mol. The highest BCUT2D eigenvalue weighted by molar-refractivity contribution is 7.99. The van der Waals surface area contributed by atoms with Crippen molar-refractivity contribution in [2.45, 2.75) is 31.0 Å². The van der Waals surface area contributed by atoms with Gasteiger partial charge in [-0.2, -0.15) is 0 Å². The average Bonchev–Trinajstić information content (AvgIpc) is 3.03. The lowest BCUT2D eigenvalue weighted by atomic mass is 10.0. The zero-order valence-corrected chi connectivity index (χ0v) is 14.4. The summed E-state index contributed by atoms with van der Waals surface area (Å²) in [4.78, 5) is 16.7. The minimum Gasteiger partial charge on any atom is -0.431 e. The Morgan fingerprint density at radius 1 is 1.17 bits per heavy atom. The van der Waals surface area contributed by atoms with Gasteiger partial charge in [-0.25, -0.2) is 4.98 Å². The van der Waals surface area contributed by atoms with Gasteiger partial charge in [0.2, 0.25) is 5.91 Å². The van der Waals surface area contributed by atoms with E-state index in [1.807, 2.05) is 42.5 Å². The average molecular weight is 340 g/mol. The van der Waals surface area contributed by atoms with Crippen LogP contribution in [0, 0.1) is 0 Å². The molecule has 0 bridgehead atoms. The molecule has 124 valence electrons. The number of carbonyl (C=O) groups is 1. The van der Waals surface area contributed by atoms with E-state index >= 15 is 0 Å². The van der Waals surface area contributed by atoms with Crippen LogP contribution in [-0.4, -0.2) is 16.6 Å². The van der Waals surface area contributed by atoms with Gasteiger partial charge in [-0.1, -0.05) is 67.6 Å². The van der Waals surface area contributed by atoms with Crippen molar-refractivity contribution in [1.29, 1.82) is 0 Å². The number of carbonyl (C=O) groups excluding carboxylic acids is 1. The number of aromatic nitrogens is 1. The topological polar surface area (TPSA) is 55.1 Å². The monoisotopic (exact) mass is 340 g/mol. The molecule has 5 heteroatoms. The maximum absolute atomic E-state index is 12.3. The third-order valence-corrected chi connectivity index (χ3v) is 4.54. The van der Waals surface area contributed by atoms with E-state index in [9.17, 15) is 4.79 Å². The first-order chi connectivity index (χ1) is 11.8. The number of nitrogens with zero attached hydrogens (tertiary/aromatic N) is 1. The number of fused-ring (bicyclic) bond motifs is 1. The maximum atomic E-state index is 12.3. The number of amides is 1. The van der Waals surface area contributed by atoms with Gasteiger partial charge in [0.05, 0.1) is 11.8 Å². The summed E-state index contributed by atoms with van der Waals surface area (Å²) in [5.41, 5.74) is 2.70. The quantitative estimate of drug-likeness (QED) is 0.640. The van der Waals surface area contributed by atoms with Gasteiger partial charge in [0.15, 0.2) is 5.58 Å². The van der Waals surface area contributed by atoms with Crippen LogP contribution < -0.4 is 5.32 Å². The number of benzene rings is 2. The molecule has 2 aromatic carbocycles. The standard InChI is InChI=1S/C19H20N2O2S/c1-2-8-15(14-9-4-3-5-10-14)20-18(22)13-24-19-21-16-11-6-7-12-17(16)23-19/h3-7,9-12,15H,2,8,13H2,1H3,(H,20,22)/t15-/m0/s1. The molecular weight excluding hydrogens is 320 g/mol. The van der Waals surface area contributed by atoms with Crippen molar-refractivity contribution in [2.24, 2.45) is 0 Å². The highest BCUT2D eigenvalue weighted by Crippen LogP contribution is 2.23. The largest absolute Gasteiger partial charge is 0.431 e. The molecule has 0 fully saturated rings. The third-order valence-electron chi connectivity index (χ3n) is 3.72. The van der Waals surface area contributed by atoms with Gasteiger partial charge in [0.1, 0.15) is 5.52 Å². The molecule has 1 heterocycles. The summed E-state index contributed by atoms with van der Waals surface area (Å²) in [6, 6.07) is 17.7. The lowest BCUT2D eigenvalue weighted by Gasteiger charge is -2.18. The van der Waals surface area contributed by atoms with E-state index in [2.05, 4.69) is 29.4 Å². The molecular formula is C19H20N2O2S. The van der Waals surface area contributed by atoms with Crippen molar-refractivity contribution in [1.82, 2.24) is 10.3 Å². The van der Waals surface area contributed by atoms with Crippen LogP contribution in [0.5, 0.6) is 0 Å². The second kappa shape index (κ2) is 8.02.